The molecule has 3 heterocycles. The van der Waals surface area contributed by atoms with Gasteiger partial charge in [0.25, 0.3) is 0 Å². The van der Waals surface area contributed by atoms with E-state index < -0.39 is 0 Å². The predicted octanol–water partition coefficient (Wildman–Crippen LogP) is 3.74. The fourth-order valence-corrected chi connectivity index (χ4v) is 2.74. The Labute approximate surface area is 144 Å². The second-order valence-electron chi connectivity index (χ2n) is 6.00. The molecule has 0 saturated heterocycles. The van der Waals surface area contributed by atoms with Crippen molar-refractivity contribution in [3.63, 3.8) is 0 Å². The number of aromatic nitrogens is 4. The summed E-state index contributed by atoms with van der Waals surface area (Å²) in [5, 5.41) is 7.84. The van der Waals surface area contributed by atoms with E-state index in [2.05, 4.69) is 62.3 Å². The molecule has 0 radical (unpaired) electrons. The van der Waals surface area contributed by atoms with Crippen LogP contribution in [-0.2, 0) is 12.8 Å². The molecule has 3 aromatic rings. The summed E-state index contributed by atoms with van der Waals surface area (Å²) in [6, 6.07) is 6.16. The van der Waals surface area contributed by atoms with Crippen molar-refractivity contribution in [2.45, 2.75) is 26.7 Å². The normalized spacial score (nSPS) is 11.3. The highest BCUT2D eigenvalue weighted by atomic mass is 79.9. The molecule has 0 spiro atoms. The van der Waals surface area contributed by atoms with E-state index in [0.717, 1.165) is 41.0 Å². The van der Waals surface area contributed by atoms with Crippen LogP contribution in [0.25, 0.3) is 5.65 Å². The zero-order chi connectivity index (χ0) is 16.2. The van der Waals surface area contributed by atoms with Crippen LogP contribution in [0.15, 0.2) is 41.3 Å². The van der Waals surface area contributed by atoms with Crippen LogP contribution in [0.2, 0.25) is 0 Å². The fraction of sp³-hybridized carbons (Fsp3) is 0.353. The SMILES string of the molecule is CC(C)CNc1cc(CCc2cccnc2)n2ncc(Br)c2n1. The highest BCUT2D eigenvalue weighted by Crippen LogP contribution is 2.21. The molecule has 0 saturated carbocycles. The summed E-state index contributed by atoms with van der Waals surface area (Å²) in [5.74, 6) is 1.47. The maximum Gasteiger partial charge on any atom is 0.171 e. The van der Waals surface area contributed by atoms with E-state index in [4.69, 9.17) is 0 Å². The summed E-state index contributed by atoms with van der Waals surface area (Å²) in [6.45, 7) is 5.27. The van der Waals surface area contributed by atoms with Crippen molar-refractivity contribution < 1.29 is 0 Å². The number of pyridine rings is 1. The highest BCUT2D eigenvalue weighted by Gasteiger charge is 2.10. The Balaban J connectivity index is 1.87. The number of nitrogens with one attached hydrogen (secondary N) is 1. The van der Waals surface area contributed by atoms with Crippen LogP contribution in [-0.4, -0.2) is 26.1 Å². The van der Waals surface area contributed by atoms with Crippen LogP contribution in [0.3, 0.4) is 0 Å². The molecule has 0 atom stereocenters. The van der Waals surface area contributed by atoms with Gasteiger partial charge in [0.1, 0.15) is 5.82 Å². The summed E-state index contributed by atoms with van der Waals surface area (Å²) < 4.78 is 2.81. The number of hydrogen-bond donors (Lipinski definition) is 1. The number of aryl methyl sites for hydroxylation is 2. The van der Waals surface area contributed by atoms with Crippen LogP contribution >= 0.6 is 15.9 Å². The number of nitrogens with zero attached hydrogens (tertiary/aromatic N) is 4. The number of fused-ring (bicyclic) bond motifs is 1. The number of halogens is 1. The first kappa shape index (κ1) is 15.9. The van der Waals surface area contributed by atoms with E-state index in [0.29, 0.717) is 5.92 Å². The molecule has 0 unspecified atom stereocenters. The largest absolute Gasteiger partial charge is 0.370 e. The minimum atomic E-state index is 0.570. The number of anilines is 1. The minimum absolute atomic E-state index is 0.570. The lowest BCUT2D eigenvalue weighted by Gasteiger charge is -2.11. The average Bonchev–Trinajstić information content (AvgIpc) is 2.93. The summed E-state index contributed by atoms with van der Waals surface area (Å²) >= 11 is 3.53. The Kier molecular flexibility index (Phi) is 4.91. The Hall–Kier alpha value is -1.95. The van der Waals surface area contributed by atoms with Crippen molar-refractivity contribution in [1.29, 1.82) is 0 Å². The quantitative estimate of drug-likeness (QED) is 0.714. The van der Waals surface area contributed by atoms with Crippen LogP contribution in [0.4, 0.5) is 5.82 Å². The molecule has 3 aromatic heterocycles. The summed E-state index contributed by atoms with van der Waals surface area (Å²) in [4.78, 5) is 8.83. The van der Waals surface area contributed by atoms with E-state index in [1.807, 2.05) is 16.8 Å². The standard InChI is InChI=1S/C17H20BrN5/c1-12(2)9-20-16-8-14(6-5-13-4-3-7-19-10-13)23-17(22-16)15(18)11-21-23/h3-4,7-8,10-12H,5-6,9H2,1-2H3,(H,20,22). The zero-order valence-electron chi connectivity index (χ0n) is 13.3. The number of rotatable bonds is 6. The van der Waals surface area contributed by atoms with Crippen molar-refractivity contribution in [2.24, 2.45) is 5.92 Å². The van der Waals surface area contributed by atoms with Gasteiger partial charge in [-0.25, -0.2) is 9.50 Å². The van der Waals surface area contributed by atoms with E-state index in [1.54, 1.807) is 12.4 Å². The topological polar surface area (TPSA) is 55.1 Å². The molecule has 1 N–H and O–H groups in total. The third-order valence-corrected chi connectivity index (χ3v) is 4.15. The van der Waals surface area contributed by atoms with Crippen LogP contribution in [0, 0.1) is 5.92 Å². The molecular weight excluding hydrogens is 354 g/mol. The van der Waals surface area contributed by atoms with Gasteiger partial charge in [-0.05, 0) is 46.3 Å². The second-order valence-corrected chi connectivity index (χ2v) is 6.85. The molecule has 6 heteroatoms. The second kappa shape index (κ2) is 7.08. The average molecular weight is 374 g/mol. The molecule has 0 aliphatic carbocycles. The maximum absolute atomic E-state index is 4.65. The summed E-state index contributed by atoms with van der Waals surface area (Å²) in [6.07, 6.45) is 7.31. The van der Waals surface area contributed by atoms with Crippen molar-refractivity contribution in [1.82, 2.24) is 19.6 Å². The molecule has 0 fully saturated rings. The van der Waals surface area contributed by atoms with E-state index in [-0.39, 0.29) is 0 Å². The van der Waals surface area contributed by atoms with Crippen LogP contribution < -0.4 is 5.32 Å². The lowest BCUT2D eigenvalue weighted by molar-refractivity contribution is 0.686. The predicted molar refractivity (Wildman–Crippen MR) is 95.7 cm³/mol. The van der Waals surface area contributed by atoms with Gasteiger partial charge < -0.3 is 5.32 Å². The minimum Gasteiger partial charge on any atom is -0.370 e. The summed E-state index contributed by atoms with van der Waals surface area (Å²) in [7, 11) is 0. The molecular formula is C17H20BrN5. The third-order valence-electron chi connectivity index (χ3n) is 3.59. The van der Waals surface area contributed by atoms with Crippen molar-refractivity contribution in [3.8, 4) is 0 Å². The molecule has 0 aliphatic heterocycles. The van der Waals surface area contributed by atoms with Crippen molar-refractivity contribution >= 4 is 27.4 Å². The van der Waals surface area contributed by atoms with E-state index in [1.165, 1.54) is 5.56 Å². The number of hydrogen-bond acceptors (Lipinski definition) is 4. The van der Waals surface area contributed by atoms with Gasteiger partial charge >= 0.3 is 0 Å². The van der Waals surface area contributed by atoms with Gasteiger partial charge in [0, 0.05) is 30.7 Å². The molecule has 0 aromatic carbocycles. The Bertz CT molecular complexity index is 782. The van der Waals surface area contributed by atoms with E-state index >= 15 is 0 Å². The molecule has 3 rings (SSSR count). The lowest BCUT2D eigenvalue weighted by Crippen LogP contribution is -2.11. The van der Waals surface area contributed by atoms with Crippen LogP contribution in [0.5, 0.6) is 0 Å². The van der Waals surface area contributed by atoms with E-state index in [9.17, 15) is 0 Å². The van der Waals surface area contributed by atoms with Gasteiger partial charge in [-0.2, -0.15) is 5.10 Å². The van der Waals surface area contributed by atoms with Gasteiger partial charge in [-0.3, -0.25) is 4.98 Å². The van der Waals surface area contributed by atoms with Gasteiger partial charge in [0.2, 0.25) is 0 Å². The third kappa shape index (κ3) is 3.88. The molecule has 23 heavy (non-hydrogen) atoms. The maximum atomic E-state index is 4.65. The van der Waals surface area contributed by atoms with Gasteiger partial charge in [0.15, 0.2) is 5.65 Å². The smallest absolute Gasteiger partial charge is 0.171 e. The molecule has 120 valence electrons. The zero-order valence-corrected chi connectivity index (χ0v) is 14.9. The van der Waals surface area contributed by atoms with Gasteiger partial charge in [-0.15, -0.1) is 0 Å². The lowest BCUT2D eigenvalue weighted by atomic mass is 10.1. The van der Waals surface area contributed by atoms with Crippen molar-refractivity contribution in [2.75, 3.05) is 11.9 Å². The summed E-state index contributed by atoms with van der Waals surface area (Å²) in [5.41, 5.74) is 3.20. The first-order valence-electron chi connectivity index (χ1n) is 7.79. The molecule has 0 amide bonds. The Morgan fingerprint density at radius 3 is 2.87 bits per heavy atom. The van der Waals surface area contributed by atoms with Crippen molar-refractivity contribution in [3.05, 3.63) is 52.5 Å². The first-order chi connectivity index (χ1) is 11.1. The highest BCUT2D eigenvalue weighted by molar-refractivity contribution is 9.10. The van der Waals surface area contributed by atoms with Gasteiger partial charge in [0.05, 0.1) is 10.7 Å². The first-order valence-corrected chi connectivity index (χ1v) is 8.58. The van der Waals surface area contributed by atoms with Gasteiger partial charge in [-0.1, -0.05) is 19.9 Å². The molecule has 0 bridgehead atoms. The fourth-order valence-electron chi connectivity index (χ4n) is 2.39. The Morgan fingerprint density at radius 1 is 1.26 bits per heavy atom. The van der Waals surface area contributed by atoms with Crippen LogP contribution in [0.1, 0.15) is 25.1 Å². The monoisotopic (exact) mass is 373 g/mol. The Morgan fingerprint density at radius 2 is 2.13 bits per heavy atom. The molecule has 0 aliphatic rings. The molecule has 5 nitrogen and oxygen atoms in total.